The van der Waals surface area contributed by atoms with Crippen LogP contribution in [0.5, 0.6) is 0 Å². The van der Waals surface area contributed by atoms with Crippen LogP contribution in [-0.2, 0) is 6.42 Å². The Morgan fingerprint density at radius 2 is 1.75 bits per heavy atom. The van der Waals surface area contributed by atoms with Gasteiger partial charge >= 0.3 is 0 Å². The van der Waals surface area contributed by atoms with Crippen molar-refractivity contribution in [1.82, 2.24) is 9.97 Å². The van der Waals surface area contributed by atoms with Crippen molar-refractivity contribution in [1.29, 1.82) is 0 Å². The van der Waals surface area contributed by atoms with E-state index in [1.54, 1.807) is 0 Å². The maximum absolute atomic E-state index is 5.51. The van der Waals surface area contributed by atoms with Crippen LogP contribution in [0.3, 0.4) is 0 Å². The highest BCUT2D eigenvalue weighted by Crippen LogP contribution is 2.22. The first-order valence-corrected chi connectivity index (χ1v) is 6.92. The van der Waals surface area contributed by atoms with Gasteiger partial charge in [0.2, 0.25) is 0 Å². The van der Waals surface area contributed by atoms with Crippen molar-refractivity contribution in [2.75, 3.05) is 5.43 Å². The third-order valence-electron chi connectivity index (χ3n) is 3.38. The molecule has 0 saturated carbocycles. The SMILES string of the molecule is Cc1nc(-c2ccc(CC(C)C)cc2)nc(NN)c1C. The quantitative estimate of drug-likeness (QED) is 0.661. The topological polar surface area (TPSA) is 63.8 Å². The minimum Gasteiger partial charge on any atom is -0.308 e. The Morgan fingerprint density at radius 3 is 2.30 bits per heavy atom. The Balaban J connectivity index is 2.34. The van der Waals surface area contributed by atoms with Crippen molar-refractivity contribution in [3.8, 4) is 11.4 Å². The van der Waals surface area contributed by atoms with E-state index in [0.29, 0.717) is 17.6 Å². The third-order valence-corrected chi connectivity index (χ3v) is 3.38. The summed E-state index contributed by atoms with van der Waals surface area (Å²) < 4.78 is 0. The molecule has 20 heavy (non-hydrogen) atoms. The molecule has 0 bridgehead atoms. The summed E-state index contributed by atoms with van der Waals surface area (Å²) in [5.74, 6) is 7.55. The summed E-state index contributed by atoms with van der Waals surface area (Å²) in [6, 6.07) is 8.43. The molecule has 0 aliphatic rings. The fraction of sp³-hybridized carbons (Fsp3) is 0.375. The van der Waals surface area contributed by atoms with E-state index in [9.17, 15) is 0 Å². The molecule has 0 amide bonds. The fourth-order valence-corrected chi connectivity index (χ4v) is 2.16. The number of hydrogen-bond acceptors (Lipinski definition) is 4. The summed E-state index contributed by atoms with van der Waals surface area (Å²) in [5.41, 5.74) is 6.90. The molecular weight excluding hydrogens is 248 g/mol. The standard InChI is InChI=1S/C16H22N4/c1-10(2)9-13-5-7-14(8-6-13)16-18-12(4)11(3)15(19-16)20-17/h5-8,10H,9,17H2,1-4H3,(H,18,19,20). The predicted molar refractivity (Wildman–Crippen MR) is 83.3 cm³/mol. The summed E-state index contributed by atoms with van der Waals surface area (Å²) in [6.45, 7) is 8.37. The lowest BCUT2D eigenvalue weighted by Gasteiger charge is -2.10. The predicted octanol–water partition coefficient (Wildman–Crippen LogP) is 3.24. The lowest BCUT2D eigenvalue weighted by atomic mass is 10.0. The molecule has 0 unspecified atom stereocenters. The zero-order chi connectivity index (χ0) is 14.7. The number of rotatable bonds is 4. The second-order valence-electron chi connectivity index (χ2n) is 5.55. The van der Waals surface area contributed by atoms with E-state index in [1.165, 1.54) is 5.56 Å². The molecule has 0 aliphatic carbocycles. The van der Waals surface area contributed by atoms with E-state index < -0.39 is 0 Å². The van der Waals surface area contributed by atoms with Gasteiger partial charge in [-0.1, -0.05) is 38.1 Å². The van der Waals surface area contributed by atoms with Gasteiger partial charge in [-0.05, 0) is 31.7 Å². The molecule has 0 spiro atoms. The molecule has 4 heteroatoms. The lowest BCUT2D eigenvalue weighted by Crippen LogP contribution is -2.12. The van der Waals surface area contributed by atoms with Crippen LogP contribution in [0.1, 0.15) is 30.7 Å². The lowest BCUT2D eigenvalue weighted by molar-refractivity contribution is 0.647. The molecule has 0 radical (unpaired) electrons. The van der Waals surface area contributed by atoms with Gasteiger partial charge in [-0.25, -0.2) is 15.8 Å². The summed E-state index contributed by atoms with van der Waals surface area (Å²) in [5, 5.41) is 0. The van der Waals surface area contributed by atoms with Crippen molar-refractivity contribution < 1.29 is 0 Å². The monoisotopic (exact) mass is 270 g/mol. The van der Waals surface area contributed by atoms with Crippen LogP contribution in [0.15, 0.2) is 24.3 Å². The fourth-order valence-electron chi connectivity index (χ4n) is 2.16. The maximum atomic E-state index is 5.51. The van der Waals surface area contributed by atoms with Gasteiger partial charge in [0.05, 0.1) is 0 Å². The molecule has 4 nitrogen and oxygen atoms in total. The van der Waals surface area contributed by atoms with Gasteiger partial charge in [-0.15, -0.1) is 0 Å². The number of hydrazine groups is 1. The van der Waals surface area contributed by atoms with Crippen LogP contribution >= 0.6 is 0 Å². The molecule has 0 atom stereocenters. The van der Waals surface area contributed by atoms with Crippen LogP contribution < -0.4 is 11.3 Å². The van der Waals surface area contributed by atoms with Crippen LogP contribution in [0, 0.1) is 19.8 Å². The zero-order valence-corrected chi connectivity index (χ0v) is 12.6. The normalized spacial score (nSPS) is 10.9. The van der Waals surface area contributed by atoms with E-state index in [4.69, 9.17) is 5.84 Å². The van der Waals surface area contributed by atoms with Crippen LogP contribution in [0.25, 0.3) is 11.4 Å². The summed E-state index contributed by atoms with van der Waals surface area (Å²) in [6.07, 6.45) is 1.09. The van der Waals surface area contributed by atoms with E-state index in [1.807, 2.05) is 13.8 Å². The van der Waals surface area contributed by atoms with Gasteiger partial charge in [0.1, 0.15) is 5.82 Å². The Kier molecular flexibility index (Phi) is 4.35. The molecule has 3 N–H and O–H groups in total. The summed E-state index contributed by atoms with van der Waals surface area (Å²) in [4.78, 5) is 9.00. The zero-order valence-electron chi connectivity index (χ0n) is 12.6. The highest BCUT2D eigenvalue weighted by Gasteiger charge is 2.09. The number of nitrogen functional groups attached to an aromatic ring is 1. The molecule has 1 aromatic heterocycles. The Hall–Kier alpha value is -1.94. The molecule has 0 saturated heterocycles. The van der Waals surface area contributed by atoms with Crippen molar-refractivity contribution in [2.24, 2.45) is 11.8 Å². The van der Waals surface area contributed by atoms with E-state index >= 15 is 0 Å². The first-order valence-electron chi connectivity index (χ1n) is 6.92. The number of aromatic nitrogens is 2. The van der Waals surface area contributed by atoms with Crippen LogP contribution in [0.4, 0.5) is 5.82 Å². The molecule has 0 aliphatic heterocycles. The third kappa shape index (κ3) is 3.14. The Morgan fingerprint density at radius 1 is 1.10 bits per heavy atom. The average molecular weight is 270 g/mol. The summed E-state index contributed by atoms with van der Waals surface area (Å²) in [7, 11) is 0. The second-order valence-corrected chi connectivity index (χ2v) is 5.55. The average Bonchev–Trinajstić information content (AvgIpc) is 2.42. The molecule has 1 heterocycles. The second kappa shape index (κ2) is 6.01. The van der Waals surface area contributed by atoms with Crippen molar-refractivity contribution in [3.63, 3.8) is 0 Å². The highest BCUT2D eigenvalue weighted by molar-refractivity contribution is 5.59. The van der Waals surface area contributed by atoms with Gasteiger partial charge in [0, 0.05) is 16.8 Å². The maximum Gasteiger partial charge on any atom is 0.161 e. The minimum atomic E-state index is 0.659. The van der Waals surface area contributed by atoms with Crippen molar-refractivity contribution in [2.45, 2.75) is 34.1 Å². The van der Waals surface area contributed by atoms with Gasteiger partial charge in [-0.3, -0.25) is 0 Å². The summed E-state index contributed by atoms with van der Waals surface area (Å²) >= 11 is 0. The van der Waals surface area contributed by atoms with Gasteiger partial charge in [-0.2, -0.15) is 0 Å². The Bertz CT molecular complexity index is 588. The number of anilines is 1. The van der Waals surface area contributed by atoms with E-state index in [2.05, 4.69) is 53.5 Å². The van der Waals surface area contributed by atoms with E-state index in [0.717, 1.165) is 23.2 Å². The number of hydrogen-bond donors (Lipinski definition) is 2. The first-order chi connectivity index (χ1) is 9.51. The smallest absolute Gasteiger partial charge is 0.161 e. The number of aryl methyl sites for hydroxylation is 1. The molecule has 1 aromatic carbocycles. The van der Waals surface area contributed by atoms with Crippen LogP contribution in [-0.4, -0.2) is 9.97 Å². The highest BCUT2D eigenvalue weighted by atomic mass is 15.3. The number of nitrogens with one attached hydrogen (secondary N) is 1. The molecule has 2 rings (SSSR count). The van der Waals surface area contributed by atoms with E-state index in [-0.39, 0.29) is 0 Å². The number of nitrogens with zero attached hydrogens (tertiary/aromatic N) is 2. The van der Waals surface area contributed by atoms with Crippen molar-refractivity contribution >= 4 is 5.82 Å². The van der Waals surface area contributed by atoms with Gasteiger partial charge in [0.15, 0.2) is 5.82 Å². The molecular formula is C16H22N4. The molecule has 106 valence electrons. The molecule has 0 fully saturated rings. The van der Waals surface area contributed by atoms with Gasteiger partial charge in [0.25, 0.3) is 0 Å². The van der Waals surface area contributed by atoms with Crippen molar-refractivity contribution in [3.05, 3.63) is 41.1 Å². The molecule has 2 aromatic rings. The largest absolute Gasteiger partial charge is 0.308 e. The van der Waals surface area contributed by atoms with Crippen LogP contribution in [0.2, 0.25) is 0 Å². The first kappa shape index (κ1) is 14.5. The number of nitrogens with two attached hydrogens (primary N) is 1. The minimum absolute atomic E-state index is 0.659. The van der Waals surface area contributed by atoms with Gasteiger partial charge < -0.3 is 5.43 Å². The Labute approximate surface area is 120 Å². The number of benzene rings is 1.